The van der Waals surface area contributed by atoms with E-state index in [2.05, 4.69) is 6.07 Å². The van der Waals surface area contributed by atoms with E-state index in [1.165, 1.54) is 17.0 Å². The lowest BCUT2D eigenvalue weighted by Crippen LogP contribution is -1.98. The average Bonchev–Trinajstić information content (AvgIpc) is 2.44. The van der Waals surface area contributed by atoms with Crippen molar-refractivity contribution in [2.24, 2.45) is 0 Å². The van der Waals surface area contributed by atoms with E-state index in [-0.39, 0.29) is 5.82 Å². The Morgan fingerprint density at radius 2 is 1.90 bits per heavy atom. The Morgan fingerprint density at radius 3 is 2.60 bits per heavy atom. The van der Waals surface area contributed by atoms with Gasteiger partial charge in [0.25, 0.3) is 0 Å². The molecule has 4 heteroatoms. The highest BCUT2D eigenvalue weighted by molar-refractivity contribution is 7.99. The summed E-state index contributed by atoms with van der Waals surface area (Å²) in [5, 5.41) is 0. The summed E-state index contributed by atoms with van der Waals surface area (Å²) in [5.74, 6) is 1.44. The molecule has 0 saturated heterocycles. The summed E-state index contributed by atoms with van der Waals surface area (Å²) in [7, 11) is 0. The first-order chi connectivity index (χ1) is 9.65. The zero-order chi connectivity index (χ0) is 14.4. The van der Waals surface area contributed by atoms with Gasteiger partial charge in [-0.3, -0.25) is 0 Å². The topological polar surface area (TPSA) is 35.2 Å². The number of benzene rings is 2. The van der Waals surface area contributed by atoms with Gasteiger partial charge in [-0.1, -0.05) is 0 Å². The summed E-state index contributed by atoms with van der Waals surface area (Å²) < 4.78 is 18.3. The second-order valence-corrected chi connectivity index (χ2v) is 5.69. The normalized spacial score (nSPS) is 10.5. The van der Waals surface area contributed by atoms with Crippen LogP contribution in [0.15, 0.2) is 47.4 Å². The lowest BCUT2D eigenvalue weighted by Gasteiger charge is -2.07. The number of thioether (sulfide) groups is 1. The Bertz CT molecular complexity index is 557. The fourth-order valence-corrected chi connectivity index (χ4v) is 2.63. The van der Waals surface area contributed by atoms with Gasteiger partial charge >= 0.3 is 0 Å². The molecule has 0 heterocycles. The molecule has 2 aromatic carbocycles. The van der Waals surface area contributed by atoms with Crippen molar-refractivity contribution >= 4 is 17.4 Å². The number of nitrogen functional groups attached to an aromatic ring is 1. The number of hydrogen-bond acceptors (Lipinski definition) is 3. The van der Waals surface area contributed by atoms with E-state index in [9.17, 15) is 4.39 Å². The molecule has 20 heavy (non-hydrogen) atoms. The highest BCUT2D eigenvalue weighted by atomic mass is 32.2. The Kier molecular flexibility index (Phi) is 5.30. The molecule has 0 aliphatic heterocycles. The molecule has 0 aliphatic rings. The maximum Gasteiger partial charge on any atom is 0.123 e. The van der Waals surface area contributed by atoms with Crippen LogP contribution in [0, 0.1) is 12.7 Å². The minimum Gasteiger partial charge on any atom is -0.494 e. The van der Waals surface area contributed by atoms with E-state index in [4.69, 9.17) is 10.5 Å². The third-order valence-electron chi connectivity index (χ3n) is 2.88. The van der Waals surface area contributed by atoms with Gasteiger partial charge in [-0.25, -0.2) is 4.39 Å². The average molecular weight is 291 g/mol. The van der Waals surface area contributed by atoms with Crippen LogP contribution in [0.25, 0.3) is 0 Å². The molecular weight excluding hydrogens is 273 g/mol. The second-order valence-electron chi connectivity index (χ2n) is 4.52. The van der Waals surface area contributed by atoms with Crippen LogP contribution in [-0.2, 0) is 0 Å². The molecule has 0 amide bonds. The molecule has 2 N–H and O–H groups in total. The molecule has 106 valence electrons. The zero-order valence-corrected chi connectivity index (χ0v) is 12.3. The molecule has 2 nitrogen and oxygen atoms in total. The van der Waals surface area contributed by atoms with Gasteiger partial charge in [-0.2, -0.15) is 0 Å². The Hall–Kier alpha value is -1.68. The van der Waals surface area contributed by atoms with Crippen molar-refractivity contribution in [3.05, 3.63) is 53.8 Å². The van der Waals surface area contributed by atoms with E-state index in [1.807, 2.05) is 19.1 Å². The third kappa shape index (κ3) is 4.46. The number of halogens is 1. The Balaban J connectivity index is 1.68. The van der Waals surface area contributed by atoms with E-state index in [0.717, 1.165) is 23.4 Å². The number of hydrogen-bond donors (Lipinski definition) is 1. The molecule has 0 fully saturated rings. The highest BCUT2D eigenvalue weighted by Gasteiger charge is 1.99. The molecule has 0 spiro atoms. The van der Waals surface area contributed by atoms with Crippen molar-refractivity contribution in [1.29, 1.82) is 0 Å². The lowest BCUT2D eigenvalue weighted by atomic mass is 10.2. The highest BCUT2D eigenvalue weighted by Crippen LogP contribution is 2.23. The van der Waals surface area contributed by atoms with Crippen LogP contribution in [0.1, 0.15) is 12.0 Å². The number of nitrogens with two attached hydrogens (primary N) is 1. The largest absolute Gasteiger partial charge is 0.494 e. The summed E-state index contributed by atoms with van der Waals surface area (Å²) in [5.41, 5.74) is 7.72. The Labute approximate surface area is 123 Å². The summed E-state index contributed by atoms with van der Waals surface area (Å²) in [4.78, 5) is 1.22. The van der Waals surface area contributed by atoms with Crippen molar-refractivity contribution < 1.29 is 9.13 Å². The maximum absolute atomic E-state index is 12.7. The van der Waals surface area contributed by atoms with E-state index >= 15 is 0 Å². The van der Waals surface area contributed by atoms with Crippen molar-refractivity contribution in [2.45, 2.75) is 18.2 Å². The quantitative estimate of drug-likeness (QED) is 0.490. The van der Waals surface area contributed by atoms with Gasteiger partial charge in [-0.15, -0.1) is 11.8 Å². The maximum atomic E-state index is 12.7. The Morgan fingerprint density at radius 1 is 1.15 bits per heavy atom. The molecule has 0 aliphatic carbocycles. The minimum atomic E-state index is -0.244. The van der Waals surface area contributed by atoms with Crippen LogP contribution in [0.5, 0.6) is 5.75 Å². The van der Waals surface area contributed by atoms with Crippen molar-refractivity contribution in [3.8, 4) is 5.75 Å². The molecular formula is C16H18FNOS. The smallest absolute Gasteiger partial charge is 0.123 e. The standard InChI is InChI=1S/C16H18FNOS/c1-12-11-15(7-8-16(12)18)20-10-2-9-19-14-5-3-13(17)4-6-14/h3-8,11H,2,9-10,18H2,1H3. The van der Waals surface area contributed by atoms with E-state index in [1.54, 1.807) is 23.9 Å². The van der Waals surface area contributed by atoms with Crippen LogP contribution in [-0.4, -0.2) is 12.4 Å². The summed E-state index contributed by atoms with van der Waals surface area (Å²) in [6.45, 7) is 2.64. The minimum absolute atomic E-state index is 0.244. The van der Waals surface area contributed by atoms with Gasteiger partial charge in [0.05, 0.1) is 6.61 Å². The molecule has 0 saturated carbocycles. The predicted molar refractivity (Wildman–Crippen MR) is 82.8 cm³/mol. The van der Waals surface area contributed by atoms with Crippen LogP contribution >= 0.6 is 11.8 Å². The van der Waals surface area contributed by atoms with Gasteiger partial charge in [-0.05, 0) is 61.4 Å². The summed E-state index contributed by atoms with van der Waals surface area (Å²) in [6, 6.07) is 12.2. The van der Waals surface area contributed by atoms with Crippen LogP contribution in [0.4, 0.5) is 10.1 Å². The zero-order valence-electron chi connectivity index (χ0n) is 11.4. The lowest BCUT2D eigenvalue weighted by molar-refractivity contribution is 0.318. The molecule has 0 unspecified atom stereocenters. The van der Waals surface area contributed by atoms with Crippen molar-refractivity contribution in [3.63, 3.8) is 0 Å². The molecule has 2 rings (SSSR count). The molecule has 0 atom stereocenters. The number of anilines is 1. The van der Waals surface area contributed by atoms with Crippen LogP contribution in [0.2, 0.25) is 0 Å². The number of ether oxygens (including phenoxy) is 1. The monoisotopic (exact) mass is 291 g/mol. The van der Waals surface area contributed by atoms with E-state index < -0.39 is 0 Å². The molecule has 0 bridgehead atoms. The number of aryl methyl sites for hydroxylation is 1. The van der Waals surface area contributed by atoms with Gasteiger partial charge in [0.1, 0.15) is 11.6 Å². The predicted octanol–water partition coefficient (Wildman–Crippen LogP) is 4.28. The molecule has 0 aromatic heterocycles. The SMILES string of the molecule is Cc1cc(SCCCOc2ccc(F)cc2)ccc1N. The third-order valence-corrected chi connectivity index (χ3v) is 3.96. The van der Waals surface area contributed by atoms with Crippen molar-refractivity contribution in [2.75, 3.05) is 18.1 Å². The first kappa shape index (κ1) is 14.7. The molecule has 2 aromatic rings. The first-order valence-electron chi connectivity index (χ1n) is 6.52. The fraction of sp³-hybridized carbons (Fsp3) is 0.250. The number of rotatable bonds is 6. The molecule has 0 radical (unpaired) electrons. The fourth-order valence-electron chi connectivity index (χ4n) is 1.71. The van der Waals surface area contributed by atoms with E-state index in [0.29, 0.717) is 12.4 Å². The first-order valence-corrected chi connectivity index (χ1v) is 7.51. The summed E-state index contributed by atoms with van der Waals surface area (Å²) in [6.07, 6.45) is 0.936. The van der Waals surface area contributed by atoms with Gasteiger partial charge in [0.2, 0.25) is 0 Å². The van der Waals surface area contributed by atoms with Gasteiger partial charge in [0, 0.05) is 16.3 Å². The van der Waals surface area contributed by atoms with Crippen molar-refractivity contribution in [1.82, 2.24) is 0 Å². The van der Waals surface area contributed by atoms with Crippen LogP contribution in [0.3, 0.4) is 0 Å². The van der Waals surface area contributed by atoms with Gasteiger partial charge < -0.3 is 10.5 Å². The van der Waals surface area contributed by atoms with Crippen LogP contribution < -0.4 is 10.5 Å². The second kappa shape index (κ2) is 7.20. The van der Waals surface area contributed by atoms with Gasteiger partial charge in [0.15, 0.2) is 0 Å². The summed E-state index contributed by atoms with van der Waals surface area (Å²) >= 11 is 1.79.